The number of hydrogen-bond donors (Lipinski definition) is 1. The Morgan fingerprint density at radius 1 is 1.40 bits per heavy atom. The third kappa shape index (κ3) is 4.34. The molecule has 0 saturated carbocycles. The van der Waals surface area contributed by atoms with Gasteiger partial charge in [-0.2, -0.15) is 0 Å². The molecule has 0 spiro atoms. The number of halogens is 2. The van der Waals surface area contributed by atoms with Crippen molar-refractivity contribution in [2.45, 2.75) is 6.54 Å². The second kappa shape index (κ2) is 6.28. The minimum atomic E-state index is 0.483. The average molecular weight is 248 g/mol. The van der Waals surface area contributed by atoms with Crippen LogP contribution in [-0.4, -0.2) is 37.1 Å². The predicted octanol–water partition coefficient (Wildman–Crippen LogP) is 2.04. The standard InChI is InChI=1S/C10H15Cl2N3/c1-13-5-6-15(2)7-9-8(11)3-4-10(12)14-9/h3-4,13H,5-7H2,1-2H3. The van der Waals surface area contributed by atoms with Crippen molar-refractivity contribution in [2.75, 3.05) is 27.2 Å². The van der Waals surface area contributed by atoms with Gasteiger partial charge in [0, 0.05) is 19.6 Å². The summed E-state index contributed by atoms with van der Waals surface area (Å²) in [5.74, 6) is 0. The Morgan fingerprint density at radius 3 is 2.80 bits per heavy atom. The highest BCUT2D eigenvalue weighted by Gasteiger charge is 2.06. The fourth-order valence-electron chi connectivity index (χ4n) is 1.21. The largest absolute Gasteiger partial charge is 0.318 e. The fourth-order valence-corrected chi connectivity index (χ4v) is 1.54. The summed E-state index contributed by atoms with van der Waals surface area (Å²) < 4.78 is 0. The average Bonchev–Trinajstić information content (AvgIpc) is 2.20. The molecule has 0 unspecified atom stereocenters. The molecule has 1 heterocycles. The Balaban J connectivity index is 2.59. The van der Waals surface area contributed by atoms with E-state index in [1.54, 1.807) is 12.1 Å². The van der Waals surface area contributed by atoms with E-state index < -0.39 is 0 Å². The Bertz CT molecular complexity index is 318. The second-order valence-electron chi connectivity index (χ2n) is 3.40. The lowest BCUT2D eigenvalue weighted by atomic mass is 10.3. The fraction of sp³-hybridized carbons (Fsp3) is 0.500. The molecule has 0 bridgehead atoms. The molecule has 0 saturated heterocycles. The van der Waals surface area contributed by atoms with E-state index in [1.165, 1.54) is 0 Å². The summed E-state index contributed by atoms with van der Waals surface area (Å²) in [7, 11) is 3.95. The number of hydrogen-bond acceptors (Lipinski definition) is 3. The second-order valence-corrected chi connectivity index (χ2v) is 4.20. The summed E-state index contributed by atoms with van der Waals surface area (Å²) in [4.78, 5) is 6.33. The number of aromatic nitrogens is 1. The molecule has 15 heavy (non-hydrogen) atoms. The first-order chi connectivity index (χ1) is 7.13. The van der Waals surface area contributed by atoms with E-state index in [0.29, 0.717) is 16.7 Å². The molecule has 0 aliphatic carbocycles. The van der Waals surface area contributed by atoms with Crippen molar-refractivity contribution < 1.29 is 0 Å². The maximum Gasteiger partial charge on any atom is 0.129 e. The number of rotatable bonds is 5. The van der Waals surface area contributed by atoms with E-state index in [0.717, 1.165) is 18.8 Å². The highest BCUT2D eigenvalue weighted by molar-refractivity contribution is 6.32. The maximum absolute atomic E-state index is 6.01. The van der Waals surface area contributed by atoms with Crippen LogP contribution in [0.3, 0.4) is 0 Å². The van der Waals surface area contributed by atoms with Gasteiger partial charge in [-0.05, 0) is 26.2 Å². The monoisotopic (exact) mass is 247 g/mol. The maximum atomic E-state index is 6.01. The molecule has 84 valence electrons. The van der Waals surface area contributed by atoms with Crippen molar-refractivity contribution >= 4 is 23.2 Å². The first-order valence-corrected chi connectivity index (χ1v) is 5.53. The van der Waals surface area contributed by atoms with Crippen LogP contribution in [-0.2, 0) is 6.54 Å². The van der Waals surface area contributed by atoms with Crippen LogP contribution in [0.2, 0.25) is 10.2 Å². The first kappa shape index (κ1) is 12.7. The molecular formula is C10H15Cl2N3. The summed E-state index contributed by atoms with van der Waals surface area (Å²) in [6.45, 7) is 2.59. The number of nitrogens with zero attached hydrogens (tertiary/aromatic N) is 2. The Labute approximate surface area is 100 Å². The molecule has 0 amide bonds. The third-order valence-electron chi connectivity index (χ3n) is 2.05. The van der Waals surface area contributed by atoms with Crippen LogP contribution < -0.4 is 5.32 Å². The van der Waals surface area contributed by atoms with Gasteiger partial charge in [-0.15, -0.1) is 0 Å². The third-order valence-corrected chi connectivity index (χ3v) is 2.60. The van der Waals surface area contributed by atoms with Crippen LogP contribution in [0.25, 0.3) is 0 Å². The smallest absolute Gasteiger partial charge is 0.129 e. The van der Waals surface area contributed by atoms with Crippen LogP contribution in [0.15, 0.2) is 12.1 Å². The van der Waals surface area contributed by atoms with Crippen molar-refractivity contribution in [1.29, 1.82) is 0 Å². The zero-order valence-electron chi connectivity index (χ0n) is 8.93. The van der Waals surface area contributed by atoms with Gasteiger partial charge < -0.3 is 5.32 Å². The molecule has 1 aromatic heterocycles. The SMILES string of the molecule is CNCCN(C)Cc1nc(Cl)ccc1Cl. The molecule has 0 atom stereocenters. The topological polar surface area (TPSA) is 28.2 Å². The first-order valence-electron chi connectivity index (χ1n) is 4.77. The van der Waals surface area contributed by atoms with Crippen molar-refractivity contribution in [3.05, 3.63) is 28.0 Å². The van der Waals surface area contributed by atoms with E-state index in [-0.39, 0.29) is 0 Å². The zero-order chi connectivity index (χ0) is 11.3. The van der Waals surface area contributed by atoms with Crippen molar-refractivity contribution in [3.8, 4) is 0 Å². The minimum absolute atomic E-state index is 0.483. The lowest BCUT2D eigenvalue weighted by molar-refractivity contribution is 0.324. The van der Waals surface area contributed by atoms with Crippen LogP contribution >= 0.6 is 23.2 Å². The summed E-state index contributed by atoms with van der Waals surface area (Å²) in [5, 5.41) is 4.23. The van der Waals surface area contributed by atoms with Gasteiger partial charge in [-0.1, -0.05) is 23.2 Å². The molecule has 1 rings (SSSR count). The van der Waals surface area contributed by atoms with E-state index in [4.69, 9.17) is 23.2 Å². The quantitative estimate of drug-likeness (QED) is 0.808. The lowest BCUT2D eigenvalue weighted by Gasteiger charge is -2.16. The number of pyridine rings is 1. The van der Waals surface area contributed by atoms with Gasteiger partial charge in [0.05, 0.1) is 10.7 Å². The molecule has 0 fully saturated rings. The minimum Gasteiger partial charge on any atom is -0.318 e. The normalized spacial score (nSPS) is 11.0. The van der Waals surface area contributed by atoms with E-state index in [9.17, 15) is 0 Å². The Hall–Kier alpha value is -0.350. The molecule has 1 N–H and O–H groups in total. The van der Waals surface area contributed by atoms with Crippen LogP contribution in [0.1, 0.15) is 5.69 Å². The summed E-state index contributed by atoms with van der Waals surface area (Å²) in [6, 6.07) is 3.47. The van der Waals surface area contributed by atoms with Gasteiger partial charge >= 0.3 is 0 Å². The lowest BCUT2D eigenvalue weighted by Crippen LogP contribution is -2.27. The van der Waals surface area contributed by atoms with Gasteiger partial charge in [0.1, 0.15) is 5.15 Å². The molecule has 0 aliphatic rings. The van der Waals surface area contributed by atoms with E-state index >= 15 is 0 Å². The highest BCUT2D eigenvalue weighted by atomic mass is 35.5. The molecule has 0 aliphatic heterocycles. The summed E-state index contributed by atoms with van der Waals surface area (Å²) in [5.41, 5.74) is 0.822. The van der Waals surface area contributed by atoms with Crippen LogP contribution in [0, 0.1) is 0 Å². The van der Waals surface area contributed by atoms with Crippen LogP contribution in [0.4, 0.5) is 0 Å². The number of nitrogens with one attached hydrogen (secondary N) is 1. The van der Waals surface area contributed by atoms with E-state index in [1.807, 2.05) is 14.1 Å². The van der Waals surface area contributed by atoms with Crippen molar-refractivity contribution in [1.82, 2.24) is 15.2 Å². The number of likely N-dealkylation sites (N-methyl/N-ethyl adjacent to an activating group) is 2. The Morgan fingerprint density at radius 2 is 2.13 bits per heavy atom. The van der Waals surface area contributed by atoms with Gasteiger partial charge in [-0.25, -0.2) is 4.98 Å². The van der Waals surface area contributed by atoms with Crippen molar-refractivity contribution in [2.24, 2.45) is 0 Å². The van der Waals surface area contributed by atoms with Gasteiger partial charge in [0.25, 0.3) is 0 Å². The van der Waals surface area contributed by atoms with Gasteiger partial charge in [0.2, 0.25) is 0 Å². The summed E-state index contributed by atoms with van der Waals surface area (Å²) >= 11 is 11.8. The molecule has 5 heteroatoms. The van der Waals surface area contributed by atoms with E-state index in [2.05, 4.69) is 15.2 Å². The molecule has 1 aromatic rings. The molecule has 0 aromatic carbocycles. The molecule has 3 nitrogen and oxygen atoms in total. The zero-order valence-corrected chi connectivity index (χ0v) is 10.4. The molecular weight excluding hydrogens is 233 g/mol. The van der Waals surface area contributed by atoms with Crippen molar-refractivity contribution in [3.63, 3.8) is 0 Å². The summed E-state index contributed by atoms with van der Waals surface area (Å²) in [6.07, 6.45) is 0. The van der Waals surface area contributed by atoms with Gasteiger partial charge in [-0.3, -0.25) is 4.90 Å². The highest BCUT2D eigenvalue weighted by Crippen LogP contribution is 2.17. The predicted molar refractivity (Wildman–Crippen MR) is 64.5 cm³/mol. The Kier molecular flexibility index (Phi) is 5.32. The van der Waals surface area contributed by atoms with Crippen LogP contribution in [0.5, 0.6) is 0 Å². The molecule has 0 radical (unpaired) electrons. The van der Waals surface area contributed by atoms with Gasteiger partial charge in [0.15, 0.2) is 0 Å².